The average molecular weight is 441 g/mol. The Balaban J connectivity index is 1.99. The molecule has 1 amide bonds. The number of carbonyl (C=O) groups excluding carboxylic acids is 1. The molecule has 2 aromatic carbocycles. The molecule has 1 N–H and O–H groups in total. The summed E-state index contributed by atoms with van der Waals surface area (Å²) in [6.45, 7) is 0.667. The summed E-state index contributed by atoms with van der Waals surface area (Å²) in [5, 5.41) is 3.28. The molecule has 0 bridgehead atoms. The molecular weight excluding hydrogens is 419 g/mol. The van der Waals surface area contributed by atoms with Crippen LogP contribution in [0.15, 0.2) is 53.4 Å². The molecule has 3 rings (SSSR count). The number of amides is 1. The van der Waals surface area contributed by atoms with Crippen LogP contribution in [0.2, 0.25) is 5.02 Å². The van der Waals surface area contributed by atoms with Gasteiger partial charge in [0.15, 0.2) is 0 Å². The Morgan fingerprint density at radius 2 is 1.64 bits per heavy atom. The van der Waals surface area contributed by atoms with Crippen molar-refractivity contribution in [1.29, 1.82) is 0 Å². The smallest absolute Gasteiger partial charge is 0.244 e. The summed E-state index contributed by atoms with van der Waals surface area (Å²) in [7, 11) is -3.89. The van der Waals surface area contributed by atoms with Crippen molar-refractivity contribution in [2.45, 2.75) is 42.6 Å². The van der Waals surface area contributed by atoms with Gasteiger partial charge in [0.05, 0.1) is 4.90 Å². The van der Waals surface area contributed by atoms with Gasteiger partial charge in [0, 0.05) is 24.0 Å². The minimum Gasteiger partial charge on any atom is -0.355 e. The van der Waals surface area contributed by atoms with Crippen LogP contribution < -0.4 is 5.32 Å². The number of halogens is 2. The number of alkyl halides is 1. The monoisotopic (exact) mass is 440 g/mol. The Labute approximate surface area is 175 Å². The number of sulfonamides is 1. The molecule has 1 atom stereocenters. The van der Waals surface area contributed by atoms with Crippen molar-refractivity contribution >= 4 is 39.1 Å². The fourth-order valence-corrected chi connectivity index (χ4v) is 5.13. The molecule has 1 fully saturated rings. The second-order valence-electron chi connectivity index (χ2n) is 6.76. The number of nitrogens with one attached hydrogen (secondary N) is 1. The molecule has 1 aliphatic heterocycles. The molecule has 0 radical (unpaired) electrons. The number of benzene rings is 2. The van der Waals surface area contributed by atoms with E-state index in [0.717, 1.165) is 24.0 Å². The minimum absolute atomic E-state index is 0.103. The molecule has 0 spiro atoms. The van der Waals surface area contributed by atoms with Gasteiger partial charge in [0.1, 0.15) is 6.04 Å². The lowest BCUT2D eigenvalue weighted by Gasteiger charge is -2.29. The van der Waals surface area contributed by atoms with E-state index in [-0.39, 0.29) is 17.3 Å². The zero-order valence-corrected chi connectivity index (χ0v) is 17.6. The van der Waals surface area contributed by atoms with E-state index in [1.807, 2.05) is 24.3 Å². The molecule has 1 heterocycles. The minimum atomic E-state index is -3.89. The number of hydrogen-bond acceptors (Lipinski definition) is 3. The molecule has 0 aromatic heterocycles. The van der Waals surface area contributed by atoms with Gasteiger partial charge >= 0.3 is 0 Å². The highest BCUT2D eigenvalue weighted by Crippen LogP contribution is 2.26. The highest BCUT2D eigenvalue weighted by atomic mass is 35.5. The molecule has 28 heavy (non-hydrogen) atoms. The standard InChI is InChI=1S/C20H22Cl2N2O3S/c21-13-15-4-6-16(7-5-15)14-24(19-3-1-2-12-23-20(19)25)28(26,27)18-10-8-17(22)9-11-18/h4-11,19H,1-3,12-14H2,(H,23,25)/t19-/m1/s1. The summed E-state index contributed by atoms with van der Waals surface area (Å²) in [6, 6.07) is 12.7. The predicted octanol–water partition coefficient (Wildman–Crippen LogP) is 3.94. The third kappa shape index (κ3) is 4.87. The lowest BCUT2D eigenvalue weighted by molar-refractivity contribution is -0.124. The van der Waals surface area contributed by atoms with Gasteiger partial charge in [0.2, 0.25) is 15.9 Å². The maximum absolute atomic E-state index is 13.4. The van der Waals surface area contributed by atoms with E-state index in [0.29, 0.717) is 23.9 Å². The molecule has 0 unspecified atom stereocenters. The second-order valence-corrected chi connectivity index (χ2v) is 9.35. The van der Waals surface area contributed by atoms with Crippen LogP contribution in [-0.4, -0.2) is 31.2 Å². The Hall–Kier alpha value is -1.60. The normalized spacial score (nSPS) is 18.0. The molecule has 0 saturated carbocycles. The number of rotatable bonds is 6. The predicted molar refractivity (Wildman–Crippen MR) is 111 cm³/mol. The summed E-state index contributed by atoms with van der Waals surface area (Å²) >= 11 is 11.7. The van der Waals surface area contributed by atoms with Crippen LogP contribution in [0, 0.1) is 0 Å². The van der Waals surface area contributed by atoms with E-state index in [1.165, 1.54) is 28.6 Å². The molecular formula is C20H22Cl2N2O3S. The quantitative estimate of drug-likeness (QED) is 0.691. The van der Waals surface area contributed by atoms with Crippen LogP contribution in [0.3, 0.4) is 0 Å². The molecule has 150 valence electrons. The van der Waals surface area contributed by atoms with E-state index >= 15 is 0 Å². The summed E-state index contributed by atoms with van der Waals surface area (Å²) in [5.41, 5.74) is 1.74. The first-order chi connectivity index (χ1) is 13.4. The molecule has 1 aliphatic rings. The molecule has 1 saturated heterocycles. The van der Waals surface area contributed by atoms with Crippen molar-refractivity contribution in [3.63, 3.8) is 0 Å². The van der Waals surface area contributed by atoms with Gasteiger partial charge in [-0.15, -0.1) is 11.6 Å². The number of carbonyl (C=O) groups is 1. The van der Waals surface area contributed by atoms with Crippen molar-refractivity contribution in [1.82, 2.24) is 9.62 Å². The SMILES string of the molecule is O=C1NCCCC[C@H]1N(Cc1ccc(CCl)cc1)S(=O)(=O)c1ccc(Cl)cc1. The van der Waals surface area contributed by atoms with Crippen molar-refractivity contribution in [2.75, 3.05) is 6.54 Å². The Morgan fingerprint density at radius 3 is 2.29 bits per heavy atom. The first-order valence-electron chi connectivity index (χ1n) is 9.11. The molecule has 8 heteroatoms. The van der Waals surface area contributed by atoms with Crippen LogP contribution in [0.4, 0.5) is 0 Å². The lowest BCUT2D eigenvalue weighted by atomic mass is 10.1. The van der Waals surface area contributed by atoms with Crippen LogP contribution in [0.5, 0.6) is 0 Å². The summed E-state index contributed by atoms with van der Waals surface area (Å²) in [4.78, 5) is 12.7. The third-order valence-electron chi connectivity index (χ3n) is 4.79. The fourth-order valence-electron chi connectivity index (χ4n) is 3.22. The summed E-state index contributed by atoms with van der Waals surface area (Å²) < 4.78 is 28.1. The highest BCUT2D eigenvalue weighted by molar-refractivity contribution is 7.89. The first-order valence-corrected chi connectivity index (χ1v) is 11.5. The van der Waals surface area contributed by atoms with Gasteiger partial charge in [0.25, 0.3) is 0 Å². The van der Waals surface area contributed by atoms with E-state index in [9.17, 15) is 13.2 Å². The van der Waals surface area contributed by atoms with Crippen molar-refractivity contribution in [3.05, 3.63) is 64.7 Å². The van der Waals surface area contributed by atoms with Gasteiger partial charge in [-0.2, -0.15) is 4.31 Å². The van der Waals surface area contributed by atoms with Crippen LogP contribution in [0.1, 0.15) is 30.4 Å². The largest absolute Gasteiger partial charge is 0.355 e. The van der Waals surface area contributed by atoms with Gasteiger partial charge < -0.3 is 5.32 Å². The zero-order chi connectivity index (χ0) is 20.1. The van der Waals surface area contributed by atoms with E-state index in [4.69, 9.17) is 23.2 Å². The molecule has 2 aromatic rings. The van der Waals surface area contributed by atoms with E-state index in [1.54, 1.807) is 0 Å². The van der Waals surface area contributed by atoms with Gasteiger partial charge in [-0.05, 0) is 54.7 Å². The number of nitrogens with zero attached hydrogens (tertiary/aromatic N) is 1. The van der Waals surface area contributed by atoms with E-state index < -0.39 is 16.1 Å². The Bertz CT molecular complexity index is 915. The topological polar surface area (TPSA) is 66.5 Å². The summed E-state index contributed by atoms with van der Waals surface area (Å²) in [6.07, 6.45) is 2.10. The second kappa shape index (κ2) is 9.27. The summed E-state index contributed by atoms with van der Waals surface area (Å²) in [5.74, 6) is 0.130. The highest BCUT2D eigenvalue weighted by Gasteiger charge is 2.36. The van der Waals surface area contributed by atoms with Gasteiger partial charge in [-0.25, -0.2) is 8.42 Å². The van der Waals surface area contributed by atoms with E-state index in [2.05, 4.69) is 5.32 Å². The maximum atomic E-state index is 13.4. The van der Waals surface area contributed by atoms with Crippen molar-refractivity contribution in [2.24, 2.45) is 0 Å². The molecule has 0 aliphatic carbocycles. The van der Waals surface area contributed by atoms with Crippen LogP contribution in [0.25, 0.3) is 0 Å². The Morgan fingerprint density at radius 1 is 1.00 bits per heavy atom. The lowest BCUT2D eigenvalue weighted by Crippen LogP contribution is -2.48. The zero-order valence-electron chi connectivity index (χ0n) is 15.3. The fraction of sp³-hybridized carbons (Fsp3) is 0.350. The van der Waals surface area contributed by atoms with Crippen LogP contribution >= 0.6 is 23.2 Å². The molecule has 5 nitrogen and oxygen atoms in total. The van der Waals surface area contributed by atoms with Crippen molar-refractivity contribution in [3.8, 4) is 0 Å². The average Bonchev–Trinajstić information content (AvgIpc) is 2.91. The first kappa shape index (κ1) is 21.1. The van der Waals surface area contributed by atoms with Crippen LogP contribution in [-0.2, 0) is 27.2 Å². The number of hydrogen-bond donors (Lipinski definition) is 1. The van der Waals surface area contributed by atoms with Gasteiger partial charge in [-0.3, -0.25) is 4.79 Å². The third-order valence-corrected chi connectivity index (χ3v) is 7.22. The Kier molecular flexibility index (Phi) is 6.99. The van der Waals surface area contributed by atoms with Crippen molar-refractivity contribution < 1.29 is 13.2 Å². The van der Waals surface area contributed by atoms with Gasteiger partial charge in [-0.1, -0.05) is 35.9 Å². The maximum Gasteiger partial charge on any atom is 0.244 e.